The molecule has 0 unspecified atom stereocenters. The third-order valence-corrected chi connectivity index (χ3v) is 10.8. The molecule has 5 heterocycles. The SMILES string of the molecule is O=C(CCl)Nn1c2c3c(Cl)cccc3nc-2cc2cc(N3CCOCC3)ccc21.O=C(CNc1ccc(F)cc1)Nc1c(Cl)ccc2nc(N3CCOCC3)ccc12. The number of aromatic nitrogens is 3. The summed E-state index contributed by atoms with van der Waals surface area (Å²) >= 11 is 18.6. The summed E-state index contributed by atoms with van der Waals surface area (Å²) in [5, 5.41) is 9.37. The highest BCUT2D eigenvalue weighted by Gasteiger charge is 2.23. The van der Waals surface area contributed by atoms with Crippen molar-refractivity contribution in [3.8, 4) is 11.4 Å². The summed E-state index contributed by atoms with van der Waals surface area (Å²) in [4.78, 5) is 38.5. The molecule has 0 radical (unpaired) electrons. The second kappa shape index (κ2) is 17.6. The molecule has 298 valence electrons. The highest BCUT2D eigenvalue weighted by Crippen LogP contribution is 2.39. The Morgan fingerprint density at radius 3 is 2.24 bits per heavy atom. The molecule has 5 aromatic rings. The standard InChI is InChI=1S/C21H18Cl2N4O2.C21H20ClFN4O2/c22-12-19(28)25-27-18-5-4-14(26-6-8-29-9-7-26)10-13(18)11-17-21(27)20-15(23)2-1-3-16(20)24-17;22-17-6-7-18-16(5-8-19(25-18)27-9-11-29-12-10-27)21(17)26-20(28)13-24-15-3-1-14(23)2-4-15/h1-5,10-11H,6-9,12H2,(H,25,28);1-8,24H,9-13H2,(H,26,28). The van der Waals surface area contributed by atoms with E-state index in [0.29, 0.717) is 34.6 Å². The van der Waals surface area contributed by atoms with E-state index in [1.54, 1.807) is 22.9 Å². The van der Waals surface area contributed by atoms with Gasteiger partial charge in [0.15, 0.2) is 0 Å². The molecule has 2 fully saturated rings. The molecule has 4 aliphatic heterocycles. The fraction of sp³-hybridized carbons (Fsp3) is 0.238. The largest absolute Gasteiger partial charge is 0.378 e. The second-order valence-corrected chi connectivity index (χ2v) is 14.7. The molecule has 2 saturated heterocycles. The van der Waals surface area contributed by atoms with Crippen molar-refractivity contribution in [3.63, 3.8) is 0 Å². The third kappa shape index (κ3) is 8.54. The minimum atomic E-state index is -0.327. The van der Waals surface area contributed by atoms with E-state index in [9.17, 15) is 14.0 Å². The first-order chi connectivity index (χ1) is 28.2. The van der Waals surface area contributed by atoms with Gasteiger partial charge in [-0.2, -0.15) is 0 Å². The van der Waals surface area contributed by atoms with Gasteiger partial charge < -0.3 is 29.9 Å². The number of rotatable bonds is 8. The van der Waals surface area contributed by atoms with Crippen LogP contribution in [0.5, 0.6) is 0 Å². The predicted molar refractivity (Wildman–Crippen MR) is 230 cm³/mol. The van der Waals surface area contributed by atoms with E-state index in [0.717, 1.165) is 95.0 Å². The molecule has 1 aromatic heterocycles. The first-order valence-corrected chi connectivity index (χ1v) is 20.0. The van der Waals surface area contributed by atoms with Crippen LogP contribution in [0.15, 0.2) is 91.0 Å². The van der Waals surface area contributed by atoms with Gasteiger partial charge >= 0.3 is 0 Å². The molecule has 9 rings (SSSR count). The maximum atomic E-state index is 13.0. The lowest BCUT2D eigenvalue weighted by molar-refractivity contribution is -0.115. The summed E-state index contributed by atoms with van der Waals surface area (Å²) in [5.41, 5.74) is 9.09. The smallest absolute Gasteiger partial charge is 0.253 e. The summed E-state index contributed by atoms with van der Waals surface area (Å²) in [6.07, 6.45) is 0. The minimum absolute atomic E-state index is 0.0254. The fourth-order valence-electron chi connectivity index (χ4n) is 7.09. The summed E-state index contributed by atoms with van der Waals surface area (Å²) in [6.45, 7) is 6.13. The van der Waals surface area contributed by atoms with Gasteiger partial charge in [0, 0.05) is 53.7 Å². The van der Waals surface area contributed by atoms with Crippen LogP contribution in [0.2, 0.25) is 10.0 Å². The number of hydrogen-bond acceptors (Lipinski definition) is 9. The lowest BCUT2D eigenvalue weighted by atomic mass is 10.1. The Labute approximate surface area is 348 Å². The molecule has 0 aliphatic carbocycles. The lowest BCUT2D eigenvalue weighted by Gasteiger charge is -2.29. The van der Waals surface area contributed by atoms with Crippen LogP contribution >= 0.6 is 34.8 Å². The van der Waals surface area contributed by atoms with E-state index >= 15 is 0 Å². The van der Waals surface area contributed by atoms with Gasteiger partial charge in [-0.05, 0) is 84.9 Å². The summed E-state index contributed by atoms with van der Waals surface area (Å²) in [7, 11) is 0. The molecule has 58 heavy (non-hydrogen) atoms. The van der Waals surface area contributed by atoms with E-state index in [2.05, 4.69) is 38.0 Å². The van der Waals surface area contributed by atoms with Crippen LogP contribution in [0.3, 0.4) is 0 Å². The first-order valence-electron chi connectivity index (χ1n) is 18.7. The zero-order chi connectivity index (χ0) is 40.2. The van der Waals surface area contributed by atoms with Gasteiger partial charge in [-0.25, -0.2) is 14.4 Å². The number of fused-ring (bicyclic) bond motifs is 5. The van der Waals surface area contributed by atoms with Gasteiger partial charge in [0.05, 0.1) is 76.6 Å². The van der Waals surface area contributed by atoms with Crippen molar-refractivity contribution in [1.82, 2.24) is 14.6 Å². The number of morpholine rings is 2. The number of ether oxygens (including phenoxy) is 2. The van der Waals surface area contributed by atoms with Crippen molar-refractivity contribution in [2.24, 2.45) is 0 Å². The number of carbonyl (C=O) groups is 2. The van der Waals surface area contributed by atoms with E-state index in [1.165, 1.54) is 12.1 Å². The number of carbonyl (C=O) groups excluding carboxylic acids is 2. The van der Waals surface area contributed by atoms with Gasteiger partial charge in [0.2, 0.25) is 5.91 Å². The first kappa shape index (κ1) is 39.4. The number of benzene rings is 4. The second-order valence-electron chi connectivity index (χ2n) is 13.6. The van der Waals surface area contributed by atoms with E-state index < -0.39 is 0 Å². The summed E-state index contributed by atoms with van der Waals surface area (Å²) < 4.78 is 25.6. The zero-order valence-electron chi connectivity index (χ0n) is 31.1. The fourth-order valence-corrected chi connectivity index (χ4v) is 7.62. The number of hydrogen-bond donors (Lipinski definition) is 3. The maximum absolute atomic E-state index is 13.0. The molecule has 4 aromatic carbocycles. The van der Waals surface area contributed by atoms with Crippen LogP contribution in [0.4, 0.5) is 27.3 Å². The average molecular weight is 844 g/mol. The third-order valence-electron chi connectivity index (χ3n) is 9.92. The van der Waals surface area contributed by atoms with Crippen LogP contribution in [0.1, 0.15) is 0 Å². The number of halogens is 4. The molecule has 0 saturated carbocycles. The Hall–Kier alpha value is -5.44. The highest BCUT2D eigenvalue weighted by atomic mass is 35.5. The number of anilines is 4. The van der Waals surface area contributed by atoms with Gasteiger partial charge in [-0.1, -0.05) is 29.3 Å². The van der Waals surface area contributed by atoms with Crippen molar-refractivity contribution < 1.29 is 23.5 Å². The van der Waals surface area contributed by atoms with Crippen molar-refractivity contribution >= 4 is 102 Å². The van der Waals surface area contributed by atoms with Crippen molar-refractivity contribution in [3.05, 3.63) is 107 Å². The number of pyridine rings is 2. The number of alkyl halides is 1. The van der Waals surface area contributed by atoms with Crippen LogP contribution < -0.4 is 25.9 Å². The molecule has 12 nitrogen and oxygen atoms in total. The molecule has 2 amide bonds. The van der Waals surface area contributed by atoms with Crippen LogP contribution in [0, 0.1) is 5.82 Å². The molecular weight excluding hydrogens is 806 g/mol. The Morgan fingerprint density at radius 1 is 0.759 bits per heavy atom. The quantitative estimate of drug-likeness (QED) is 0.131. The molecular formula is C42H38Cl3FN8O4. The number of nitrogens with one attached hydrogen (secondary N) is 3. The highest BCUT2D eigenvalue weighted by molar-refractivity contribution is 6.37. The molecule has 16 heteroatoms. The Bertz CT molecular complexity index is 2580. The Morgan fingerprint density at radius 2 is 1.50 bits per heavy atom. The molecule has 0 bridgehead atoms. The predicted octanol–water partition coefficient (Wildman–Crippen LogP) is 8.01. The minimum Gasteiger partial charge on any atom is -0.378 e. The molecule has 0 spiro atoms. The van der Waals surface area contributed by atoms with Crippen LogP contribution in [-0.4, -0.2) is 91.5 Å². The zero-order valence-corrected chi connectivity index (χ0v) is 33.4. The van der Waals surface area contributed by atoms with Crippen molar-refractivity contribution in [2.45, 2.75) is 0 Å². The maximum Gasteiger partial charge on any atom is 0.253 e. The Balaban J connectivity index is 0.000000162. The monoisotopic (exact) mass is 842 g/mol. The topological polar surface area (TPSA) is 126 Å². The van der Waals surface area contributed by atoms with Gasteiger partial charge in [0.25, 0.3) is 5.91 Å². The summed E-state index contributed by atoms with van der Waals surface area (Å²) in [5.74, 6) is -0.161. The van der Waals surface area contributed by atoms with E-state index in [-0.39, 0.29) is 30.1 Å². The van der Waals surface area contributed by atoms with E-state index in [1.807, 2.05) is 48.5 Å². The van der Waals surface area contributed by atoms with Gasteiger partial charge in [0.1, 0.15) is 17.5 Å². The van der Waals surface area contributed by atoms with E-state index in [4.69, 9.17) is 54.2 Å². The average Bonchev–Trinajstić information content (AvgIpc) is 3.64. The number of nitrogens with zero attached hydrogens (tertiary/aromatic N) is 5. The van der Waals surface area contributed by atoms with Crippen LogP contribution in [-0.2, 0) is 19.1 Å². The van der Waals surface area contributed by atoms with Gasteiger partial charge in [-0.3, -0.25) is 19.7 Å². The molecule has 0 atom stereocenters. The van der Waals surface area contributed by atoms with Crippen molar-refractivity contribution in [1.29, 1.82) is 0 Å². The normalized spacial score (nSPS) is 14.4. The van der Waals surface area contributed by atoms with Crippen LogP contribution in [0.25, 0.3) is 44.1 Å². The molecule has 3 N–H and O–H groups in total. The summed E-state index contributed by atoms with van der Waals surface area (Å²) in [6, 6.07) is 27.0. The van der Waals surface area contributed by atoms with Crippen molar-refractivity contribution in [2.75, 3.05) is 90.9 Å². The Kier molecular flexibility index (Phi) is 11.9. The lowest BCUT2D eigenvalue weighted by Crippen LogP contribution is -2.36. The number of amides is 2. The van der Waals surface area contributed by atoms with Gasteiger partial charge in [-0.15, -0.1) is 11.6 Å². The molecule has 4 aliphatic rings.